The van der Waals surface area contributed by atoms with E-state index in [4.69, 9.17) is 0 Å². The van der Waals surface area contributed by atoms with E-state index in [9.17, 15) is 4.39 Å². The summed E-state index contributed by atoms with van der Waals surface area (Å²) < 4.78 is 12.4. The summed E-state index contributed by atoms with van der Waals surface area (Å²) in [5, 5.41) is 3.21. The second-order valence-electron chi connectivity index (χ2n) is 2.87. The van der Waals surface area contributed by atoms with E-state index in [0.29, 0.717) is 5.95 Å². The Kier molecular flexibility index (Phi) is 2.35. The Hall–Kier alpha value is -1.23. The maximum absolute atomic E-state index is 12.4. The van der Waals surface area contributed by atoms with Gasteiger partial charge in [0.1, 0.15) is 6.20 Å². The Morgan fingerprint density at radius 3 is 2.85 bits per heavy atom. The van der Waals surface area contributed by atoms with Gasteiger partial charge < -0.3 is 10.2 Å². The summed E-state index contributed by atoms with van der Waals surface area (Å²) in [6.45, 7) is 3.56. The minimum atomic E-state index is -0.515. The van der Waals surface area contributed by atoms with Crippen LogP contribution < -0.4 is 10.2 Å². The van der Waals surface area contributed by atoms with E-state index in [-0.39, 0.29) is 0 Å². The fourth-order valence-corrected chi connectivity index (χ4v) is 1.29. The smallest absolute Gasteiger partial charge is 0.226 e. The molecule has 4 nitrogen and oxygen atoms in total. The SMILES string of the molecule is Fc1[c]nc(N2CCNCC2)nc1. The van der Waals surface area contributed by atoms with Gasteiger partial charge in [0.2, 0.25) is 5.95 Å². The van der Waals surface area contributed by atoms with Crippen LogP contribution >= 0.6 is 0 Å². The van der Waals surface area contributed by atoms with Gasteiger partial charge in [0, 0.05) is 26.2 Å². The van der Waals surface area contributed by atoms with E-state index in [1.807, 2.05) is 4.90 Å². The number of nitrogens with one attached hydrogen (secondary N) is 1. The van der Waals surface area contributed by atoms with Crippen molar-refractivity contribution < 1.29 is 4.39 Å². The average Bonchev–Trinajstić information content (AvgIpc) is 2.20. The zero-order valence-corrected chi connectivity index (χ0v) is 7.13. The summed E-state index contributed by atoms with van der Waals surface area (Å²) in [5.41, 5.74) is 0. The van der Waals surface area contributed by atoms with Gasteiger partial charge in [-0.15, -0.1) is 0 Å². The van der Waals surface area contributed by atoms with Gasteiger partial charge >= 0.3 is 0 Å². The van der Waals surface area contributed by atoms with Crippen molar-refractivity contribution >= 4 is 5.95 Å². The fraction of sp³-hybridized carbons (Fsp3) is 0.500. The van der Waals surface area contributed by atoms with Crippen LogP contribution in [-0.4, -0.2) is 36.1 Å². The highest BCUT2D eigenvalue weighted by atomic mass is 19.1. The van der Waals surface area contributed by atoms with Gasteiger partial charge in [-0.3, -0.25) is 0 Å². The molecule has 2 heterocycles. The summed E-state index contributed by atoms with van der Waals surface area (Å²) in [6, 6.07) is 0. The molecule has 0 saturated carbocycles. The molecule has 1 fully saturated rings. The molecule has 0 unspecified atom stereocenters. The Labute approximate surface area is 75.8 Å². The zero-order chi connectivity index (χ0) is 9.10. The molecule has 0 atom stereocenters. The third kappa shape index (κ3) is 1.92. The predicted octanol–water partition coefficient (Wildman–Crippen LogP) is -0.175. The topological polar surface area (TPSA) is 41.1 Å². The number of aromatic nitrogens is 2. The van der Waals surface area contributed by atoms with Crippen LogP contribution in [0.3, 0.4) is 0 Å². The lowest BCUT2D eigenvalue weighted by Crippen LogP contribution is -2.44. The highest BCUT2D eigenvalue weighted by Gasteiger charge is 2.12. The van der Waals surface area contributed by atoms with Gasteiger partial charge in [0.15, 0.2) is 5.82 Å². The first-order valence-corrected chi connectivity index (χ1v) is 4.22. The molecule has 0 bridgehead atoms. The van der Waals surface area contributed by atoms with Gasteiger partial charge in [-0.25, -0.2) is 14.4 Å². The van der Waals surface area contributed by atoms with E-state index >= 15 is 0 Å². The molecule has 69 valence electrons. The molecule has 0 aliphatic carbocycles. The van der Waals surface area contributed by atoms with Crippen molar-refractivity contribution in [1.29, 1.82) is 0 Å². The van der Waals surface area contributed by atoms with Crippen LogP contribution in [0.1, 0.15) is 0 Å². The molecule has 1 N–H and O–H groups in total. The average molecular weight is 181 g/mol. The molecule has 0 spiro atoms. The molecule has 13 heavy (non-hydrogen) atoms. The third-order valence-corrected chi connectivity index (χ3v) is 1.96. The van der Waals surface area contributed by atoms with Crippen LogP contribution in [0.4, 0.5) is 10.3 Å². The fourth-order valence-electron chi connectivity index (χ4n) is 1.29. The van der Waals surface area contributed by atoms with E-state index in [1.165, 1.54) is 0 Å². The normalized spacial score (nSPS) is 17.5. The van der Waals surface area contributed by atoms with Crippen LogP contribution in [0.15, 0.2) is 6.20 Å². The van der Waals surface area contributed by atoms with Gasteiger partial charge in [0.05, 0.1) is 6.20 Å². The molecule has 1 aromatic rings. The largest absolute Gasteiger partial charge is 0.338 e. The summed E-state index contributed by atoms with van der Waals surface area (Å²) in [4.78, 5) is 9.68. The Bertz CT molecular complexity index is 268. The second kappa shape index (κ2) is 3.66. The lowest BCUT2D eigenvalue weighted by atomic mass is 10.4. The number of piperazine rings is 1. The third-order valence-electron chi connectivity index (χ3n) is 1.96. The van der Waals surface area contributed by atoms with Gasteiger partial charge in [0.25, 0.3) is 0 Å². The molecule has 1 saturated heterocycles. The summed E-state index contributed by atoms with van der Waals surface area (Å²) in [6.07, 6.45) is 3.40. The molecule has 1 aromatic heterocycles. The summed E-state index contributed by atoms with van der Waals surface area (Å²) in [7, 11) is 0. The first-order chi connectivity index (χ1) is 6.36. The molecule has 1 aliphatic heterocycles. The minimum Gasteiger partial charge on any atom is -0.338 e. The molecule has 1 radical (unpaired) electrons. The molecule has 1 aliphatic rings. The number of hydrogen-bond donors (Lipinski definition) is 1. The van der Waals surface area contributed by atoms with Crippen molar-refractivity contribution in [1.82, 2.24) is 15.3 Å². The van der Waals surface area contributed by atoms with Crippen molar-refractivity contribution in [2.24, 2.45) is 0 Å². The molecule has 0 aromatic carbocycles. The lowest BCUT2D eigenvalue weighted by molar-refractivity contribution is 0.571. The molecular weight excluding hydrogens is 171 g/mol. The minimum absolute atomic E-state index is 0.515. The van der Waals surface area contributed by atoms with Gasteiger partial charge in [-0.05, 0) is 0 Å². The van der Waals surface area contributed by atoms with Crippen LogP contribution in [0.2, 0.25) is 0 Å². The van der Waals surface area contributed by atoms with Crippen LogP contribution in [0.25, 0.3) is 0 Å². The first kappa shape index (κ1) is 8.37. The maximum Gasteiger partial charge on any atom is 0.226 e. The Balaban J connectivity index is 2.10. The van der Waals surface area contributed by atoms with Crippen molar-refractivity contribution in [3.05, 3.63) is 18.2 Å². The van der Waals surface area contributed by atoms with E-state index in [0.717, 1.165) is 32.4 Å². The predicted molar refractivity (Wildman–Crippen MR) is 45.9 cm³/mol. The number of anilines is 1. The van der Waals surface area contributed by atoms with Crippen molar-refractivity contribution in [3.63, 3.8) is 0 Å². The summed E-state index contributed by atoms with van der Waals surface area (Å²) in [5.74, 6) is 0.0433. The number of nitrogens with zero attached hydrogens (tertiary/aromatic N) is 3. The quantitative estimate of drug-likeness (QED) is 0.653. The molecule has 5 heteroatoms. The number of rotatable bonds is 1. The summed E-state index contributed by atoms with van der Waals surface area (Å²) >= 11 is 0. The number of hydrogen-bond acceptors (Lipinski definition) is 4. The Morgan fingerprint density at radius 2 is 2.23 bits per heavy atom. The van der Waals surface area contributed by atoms with E-state index in [1.54, 1.807) is 0 Å². The second-order valence-corrected chi connectivity index (χ2v) is 2.87. The van der Waals surface area contributed by atoms with Gasteiger partial charge in [-0.1, -0.05) is 0 Å². The highest BCUT2D eigenvalue weighted by Crippen LogP contribution is 2.06. The monoisotopic (exact) mass is 181 g/mol. The molecule has 0 amide bonds. The van der Waals surface area contributed by atoms with Crippen LogP contribution in [0.5, 0.6) is 0 Å². The van der Waals surface area contributed by atoms with Crippen molar-refractivity contribution in [2.45, 2.75) is 0 Å². The number of halogens is 1. The highest BCUT2D eigenvalue weighted by molar-refractivity contribution is 5.28. The standard InChI is InChI=1S/C8H10FN4/c9-7-5-11-8(12-6-7)13-3-1-10-2-4-13/h5,10H,1-4H2. The zero-order valence-electron chi connectivity index (χ0n) is 7.13. The Morgan fingerprint density at radius 1 is 1.46 bits per heavy atom. The molecule has 2 rings (SSSR count). The van der Waals surface area contributed by atoms with E-state index in [2.05, 4.69) is 21.5 Å². The first-order valence-electron chi connectivity index (χ1n) is 4.22. The van der Waals surface area contributed by atoms with Crippen LogP contribution in [-0.2, 0) is 0 Å². The molecular formula is C8H10FN4. The van der Waals surface area contributed by atoms with Crippen LogP contribution in [0, 0.1) is 12.0 Å². The van der Waals surface area contributed by atoms with Crippen molar-refractivity contribution in [2.75, 3.05) is 31.1 Å². The van der Waals surface area contributed by atoms with Gasteiger partial charge in [-0.2, -0.15) is 0 Å². The van der Waals surface area contributed by atoms with Crippen molar-refractivity contribution in [3.8, 4) is 0 Å². The maximum atomic E-state index is 12.4. The lowest BCUT2D eigenvalue weighted by Gasteiger charge is -2.26. The van der Waals surface area contributed by atoms with E-state index < -0.39 is 5.82 Å².